The highest BCUT2D eigenvalue weighted by atomic mass is 16.5. The minimum Gasteiger partial charge on any atom is -0.407 e. The predicted octanol–water partition coefficient (Wildman–Crippen LogP) is 0.0859. The molecule has 0 aliphatic rings. The summed E-state index contributed by atoms with van der Waals surface area (Å²) < 4.78 is 10.3. The predicted molar refractivity (Wildman–Crippen MR) is 74.3 cm³/mol. The summed E-state index contributed by atoms with van der Waals surface area (Å²) in [5, 5.41) is 13.6. The van der Waals surface area contributed by atoms with Gasteiger partial charge in [0.2, 0.25) is 11.8 Å². The lowest BCUT2D eigenvalue weighted by atomic mass is 10.4. The molecule has 0 aliphatic heterocycles. The smallest absolute Gasteiger partial charge is 0.315 e. The highest BCUT2D eigenvalue weighted by Gasteiger charge is 2.11. The van der Waals surface area contributed by atoms with Crippen molar-refractivity contribution in [3.8, 4) is 0 Å². The van der Waals surface area contributed by atoms with Crippen LogP contribution in [0, 0.1) is 0 Å². The van der Waals surface area contributed by atoms with Crippen LogP contribution in [-0.2, 0) is 16.1 Å². The number of hydrogen-bond donors (Lipinski definition) is 2. The Labute approximate surface area is 118 Å². The molecule has 0 unspecified atom stereocenters. The molecule has 0 aromatic carbocycles. The fraction of sp³-hybridized carbons (Fsp3) is 0.750. The normalized spacial score (nSPS) is 10.6. The van der Waals surface area contributed by atoms with Gasteiger partial charge in [0, 0.05) is 26.7 Å². The van der Waals surface area contributed by atoms with Crippen LogP contribution in [0.1, 0.15) is 19.7 Å². The van der Waals surface area contributed by atoms with Crippen LogP contribution in [0.3, 0.4) is 0 Å². The van der Waals surface area contributed by atoms with Gasteiger partial charge in [0.1, 0.15) is 0 Å². The molecule has 1 aromatic rings. The average Bonchev–Trinajstić information content (AvgIpc) is 2.91. The van der Waals surface area contributed by atoms with E-state index in [9.17, 15) is 4.79 Å². The lowest BCUT2D eigenvalue weighted by Crippen LogP contribution is -2.35. The van der Waals surface area contributed by atoms with E-state index < -0.39 is 0 Å². The second-order valence-corrected chi connectivity index (χ2v) is 4.09. The number of aromatic nitrogens is 2. The lowest BCUT2D eigenvalue weighted by Gasteiger charge is -2.18. The van der Waals surface area contributed by atoms with Gasteiger partial charge in [-0.1, -0.05) is 5.10 Å². The minimum absolute atomic E-state index is 0.00738. The molecule has 0 spiro atoms. The number of nitrogens with one attached hydrogen (secondary N) is 2. The van der Waals surface area contributed by atoms with Crippen molar-refractivity contribution in [2.45, 2.75) is 20.4 Å². The molecule has 1 amide bonds. The van der Waals surface area contributed by atoms with E-state index in [-0.39, 0.29) is 18.5 Å². The van der Waals surface area contributed by atoms with E-state index in [0.717, 1.165) is 0 Å². The standard InChI is InChI=1S/C12H23N5O3/c1-4-17(5-2)11(18)9-14-12-16-15-10(20-12)8-13-6-7-19-3/h13H,4-9H2,1-3H3,(H,14,16). The Kier molecular flexibility index (Phi) is 7.59. The first-order valence-corrected chi connectivity index (χ1v) is 6.74. The molecule has 0 bridgehead atoms. The first kappa shape index (κ1) is 16.4. The van der Waals surface area contributed by atoms with Gasteiger partial charge >= 0.3 is 6.01 Å². The number of nitrogens with zero attached hydrogens (tertiary/aromatic N) is 3. The van der Waals surface area contributed by atoms with Gasteiger partial charge in [0.15, 0.2) is 0 Å². The van der Waals surface area contributed by atoms with Crippen LogP contribution in [0.4, 0.5) is 6.01 Å². The number of carbonyl (C=O) groups is 1. The summed E-state index contributed by atoms with van der Waals surface area (Å²) in [5.74, 6) is 0.479. The Hall–Kier alpha value is -1.67. The Morgan fingerprint density at radius 2 is 2.10 bits per heavy atom. The lowest BCUT2D eigenvalue weighted by molar-refractivity contribution is -0.128. The van der Waals surface area contributed by atoms with Crippen molar-refractivity contribution in [1.82, 2.24) is 20.4 Å². The maximum Gasteiger partial charge on any atom is 0.315 e. The third-order valence-corrected chi connectivity index (χ3v) is 2.73. The Morgan fingerprint density at radius 3 is 2.75 bits per heavy atom. The Bertz CT molecular complexity index is 392. The number of carbonyl (C=O) groups excluding carboxylic acids is 1. The van der Waals surface area contributed by atoms with Gasteiger partial charge in [-0.2, -0.15) is 0 Å². The Morgan fingerprint density at radius 1 is 1.35 bits per heavy atom. The minimum atomic E-state index is 0.00738. The van der Waals surface area contributed by atoms with Gasteiger partial charge in [0.05, 0.1) is 19.7 Å². The van der Waals surface area contributed by atoms with Gasteiger partial charge in [-0.05, 0) is 13.8 Å². The van der Waals surface area contributed by atoms with Crippen LogP contribution in [0.15, 0.2) is 4.42 Å². The Balaban J connectivity index is 2.31. The summed E-state index contributed by atoms with van der Waals surface area (Å²) in [6.45, 7) is 7.23. The highest BCUT2D eigenvalue weighted by molar-refractivity contribution is 5.80. The van der Waals surface area contributed by atoms with Crippen molar-refractivity contribution in [3.63, 3.8) is 0 Å². The van der Waals surface area contributed by atoms with Gasteiger partial charge in [0.25, 0.3) is 0 Å². The van der Waals surface area contributed by atoms with E-state index >= 15 is 0 Å². The summed E-state index contributed by atoms with van der Waals surface area (Å²) in [7, 11) is 1.64. The second-order valence-electron chi connectivity index (χ2n) is 4.09. The summed E-state index contributed by atoms with van der Waals surface area (Å²) in [6, 6.07) is 0.258. The van der Waals surface area contributed by atoms with Crippen LogP contribution in [-0.4, -0.2) is 60.9 Å². The molecule has 0 atom stereocenters. The maximum atomic E-state index is 11.8. The number of amides is 1. The number of methoxy groups -OCH3 is 1. The third kappa shape index (κ3) is 5.54. The van der Waals surface area contributed by atoms with E-state index in [1.54, 1.807) is 12.0 Å². The molecule has 8 heteroatoms. The molecule has 0 aliphatic carbocycles. The summed E-state index contributed by atoms with van der Waals surface area (Å²) in [4.78, 5) is 13.5. The molecule has 0 radical (unpaired) electrons. The van der Waals surface area contributed by atoms with E-state index in [1.807, 2.05) is 13.8 Å². The number of likely N-dealkylation sites (N-methyl/N-ethyl adjacent to an activating group) is 1. The number of anilines is 1. The largest absolute Gasteiger partial charge is 0.407 e. The van der Waals surface area contributed by atoms with Crippen LogP contribution < -0.4 is 10.6 Å². The van der Waals surface area contributed by atoms with Gasteiger partial charge < -0.3 is 24.7 Å². The monoisotopic (exact) mass is 285 g/mol. The van der Waals surface area contributed by atoms with Gasteiger partial charge in [-0.3, -0.25) is 4.79 Å². The molecule has 2 N–H and O–H groups in total. The van der Waals surface area contributed by atoms with E-state index in [1.165, 1.54) is 0 Å². The first-order valence-electron chi connectivity index (χ1n) is 6.74. The summed E-state index contributed by atoms with van der Waals surface area (Å²) in [5.41, 5.74) is 0. The van der Waals surface area contributed by atoms with E-state index in [0.29, 0.717) is 38.7 Å². The molecule has 114 valence electrons. The zero-order valence-electron chi connectivity index (χ0n) is 12.3. The van der Waals surface area contributed by atoms with Crippen LogP contribution in [0.25, 0.3) is 0 Å². The maximum absolute atomic E-state index is 11.8. The molecule has 0 saturated carbocycles. The average molecular weight is 285 g/mol. The topological polar surface area (TPSA) is 92.5 Å². The zero-order chi connectivity index (χ0) is 14.8. The van der Waals surface area contributed by atoms with Crippen LogP contribution >= 0.6 is 0 Å². The first-order chi connectivity index (χ1) is 9.71. The van der Waals surface area contributed by atoms with Crippen molar-refractivity contribution in [2.75, 3.05) is 45.2 Å². The molecule has 1 aromatic heterocycles. The fourth-order valence-corrected chi connectivity index (χ4v) is 1.61. The van der Waals surface area contributed by atoms with E-state index in [4.69, 9.17) is 9.15 Å². The summed E-state index contributed by atoms with van der Waals surface area (Å²) in [6.07, 6.45) is 0. The fourth-order valence-electron chi connectivity index (χ4n) is 1.61. The molecular weight excluding hydrogens is 262 g/mol. The molecule has 8 nitrogen and oxygen atoms in total. The van der Waals surface area contributed by atoms with Crippen LogP contribution in [0.5, 0.6) is 0 Å². The van der Waals surface area contributed by atoms with Crippen molar-refractivity contribution >= 4 is 11.9 Å². The molecule has 0 saturated heterocycles. The molecule has 1 heterocycles. The number of hydrogen-bond acceptors (Lipinski definition) is 7. The molecular formula is C12H23N5O3. The van der Waals surface area contributed by atoms with Crippen molar-refractivity contribution < 1.29 is 13.9 Å². The van der Waals surface area contributed by atoms with Crippen molar-refractivity contribution in [1.29, 1.82) is 0 Å². The number of ether oxygens (including phenoxy) is 1. The van der Waals surface area contributed by atoms with Gasteiger partial charge in [-0.15, -0.1) is 5.10 Å². The SMILES string of the molecule is CCN(CC)C(=O)CNc1nnc(CNCCOC)o1. The zero-order valence-corrected chi connectivity index (χ0v) is 12.3. The highest BCUT2D eigenvalue weighted by Crippen LogP contribution is 2.04. The van der Waals surface area contributed by atoms with E-state index in [2.05, 4.69) is 20.8 Å². The van der Waals surface area contributed by atoms with Crippen LogP contribution in [0.2, 0.25) is 0 Å². The molecule has 20 heavy (non-hydrogen) atoms. The number of rotatable bonds is 10. The van der Waals surface area contributed by atoms with Crippen molar-refractivity contribution in [3.05, 3.63) is 5.89 Å². The van der Waals surface area contributed by atoms with Gasteiger partial charge in [-0.25, -0.2) is 0 Å². The molecule has 1 rings (SSSR count). The summed E-state index contributed by atoms with van der Waals surface area (Å²) >= 11 is 0. The molecule has 0 fully saturated rings. The third-order valence-electron chi connectivity index (χ3n) is 2.73. The quantitative estimate of drug-likeness (QED) is 0.588. The second kappa shape index (κ2) is 9.27. The van der Waals surface area contributed by atoms with Crippen molar-refractivity contribution in [2.24, 2.45) is 0 Å².